The average Bonchev–Trinajstić information content (AvgIpc) is 3.06. The summed E-state index contributed by atoms with van der Waals surface area (Å²) in [6.45, 7) is 2.59. The Hall–Kier alpha value is -1.60. The van der Waals surface area contributed by atoms with Gasteiger partial charge in [-0.25, -0.2) is 0 Å². The molecule has 0 spiro atoms. The van der Waals surface area contributed by atoms with Crippen LogP contribution < -0.4 is 5.32 Å². The Morgan fingerprint density at radius 1 is 1.38 bits per heavy atom. The molecule has 1 aromatic heterocycles. The average molecular weight is 378 g/mol. The van der Waals surface area contributed by atoms with Gasteiger partial charge in [0, 0.05) is 43.4 Å². The van der Waals surface area contributed by atoms with E-state index in [4.69, 9.17) is 4.74 Å². The summed E-state index contributed by atoms with van der Waals surface area (Å²) in [5.41, 5.74) is -0.259. The van der Waals surface area contributed by atoms with Crippen molar-refractivity contribution in [3.63, 3.8) is 0 Å². The van der Waals surface area contributed by atoms with Crippen LogP contribution in [0.1, 0.15) is 39.0 Å². The number of hydrogen-bond donors (Lipinski definition) is 1. The number of nitrogens with zero attached hydrogens (tertiary/aromatic N) is 2. The number of hydrogen-bond acceptors (Lipinski definition) is 5. The van der Waals surface area contributed by atoms with Gasteiger partial charge in [0.05, 0.1) is 17.4 Å². The summed E-state index contributed by atoms with van der Waals surface area (Å²) in [6.07, 6.45) is 7.39. The Kier molecular flexibility index (Phi) is 6.19. The van der Waals surface area contributed by atoms with E-state index >= 15 is 0 Å². The fraction of sp³-hybridized carbons (Fsp3) is 0.632. The van der Waals surface area contributed by atoms with Crippen molar-refractivity contribution in [1.29, 1.82) is 0 Å². The first kappa shape index (κ1) is 19.2. The summed E-state index contributed by atoms with van der Waals surface area (Å²) in [7, 11) is 1.75. The standard InChI is InChI=1S/C19H27N3O3S/c1-3-17(23)21-14-4-7-19(25-2)8-11-22(16(19)12-14)18(24)13-26-15-5-9-20-10-6-15/h5-6,9-10,14,16H,3-4,7-8,11-13H2,1-2H3,(H,21,23)/t14-,16+,19-/m1/s1. The number of aromatic nitrogens is 1. The number of rotatable bonds is 6. The molecule has 2 aliphatic rings. The minimum atomic E-state index is -0.259. The van der Waals surface area contributed by atoms with Crippen LogP contribution in [0.25, 0.3) is 0 Å². The van der Waals surface area contributed by atoms with E-state index in [-0.39, 0.29) is 29.5 Å². The van der Waals surface area contributed by atoms with Gasteiger partial charge in [-0.05, 0) is 37.8 Å². The van der Waals surface area contributed by atoms with Gasteiger partial charge in [-0.15, -0.1) is 11.8 Å². The van der Waals surface area contributed by atoms with E-state index in [0.717, 1.165) is 37.1 Å². The molecule has 3 rings (SSSR count). The van der Waals surface area contributed by atoms with Crippen LogP contribution in [0.5, 0.6) is 0 Å². The van der Waals surface area contributed by atoms with E-state index in [1.54, 1.807) is 19.5 Å². The zero-order valence-corrected chi connectivity index (χ0v) is 16.3. The molecule has 1 aliphatic carbocycles. The summed E-state index contributed by atoms with van der Waals surface area (Å²) in [4.78, 5) is 31.6. The molecule has 3 atom stereocenters. The van der Waals surface area contributed by atoms with Gasteiger partial charge in [0.15, 0.2) is 0 Å². The van der Waals surface area contributed by atoms with Crippen molar-refractivity contribution < 1.29 is 14.3 Å². The van der Waals surface area contributed by atoms with Crippen LogP contribution in [0.3, 0.4) is 0 Å². The van der Waals surface area contributed by atoms with Gasteiger partial charge in [-0.2, -0.15) is 0 Å². The van der Waals surface area contributed by atoms with Gasteiger partial charge in [0.2, 0.25) is 11.8 Å². The van der Waals surface area contributed by atoms with Crippen molar-refractivity contribution in [2.24, 2.45) is 0 Å². The second-order valence-electron chi connectivity index (χ2n) is 6.99. The molecule has 1 saturated heterocycles. The molecule has 0 bridgehead atoms. The van der Waals surface area contributed by atoms with E-state index in [2.05, 4.69) is 10.3 Å². The Morgan fingerprint density at radius 3 is 2.85 bits per heavy atom. The first-order chi connectivity index (χ1) is 12.6. The lowest BCUT2D eigenvalue weighted by Crippen LogP contribution is -2.56. The SMILES string of the molecule is CCC(=O)N[C@@H]1CC[C@@]2(OC)CCN(C(=O)CSc3ccncc3)[C@H]2C1. The number of likely N-dealkylation sites (tertiary alicyclic amines) is 1. The van der Waals surface area contributed by atoms with Gasteiger partial charge in [0.25, 0.3) is 0 Å². The number of ether oxygens (including phenoxy) is 1. The van der Waals surface area contributed by atoms with Gasteiger partial charge >= 0.3 is 0 Å². The lowest BCUT2D eigenvalue weighted by molar-refractivity contribution is -0.135. The molecule has 26 heavy (non-hydrogen) atoms. The molecule has 0 unspecified atom stereocenters. The van der Waals surface area contributed by atoms with Gasteiger partial charge < -0.3 is 15.0 Å². The third kappa shape index (κ3) is 4.04. The van der Waals surface area contributed by atoms with Crippen molar-refractivity contribution in [2.75, 3.05) is 19.4 Å². The van der Waals surface area contributed by atoms with Crippen molar-refractivity contribution in [2.45, 2.75) is 61.6 Å². The molecule has 7 heteroatoms. The number of carbonyl (C=O) groups is 2. The number of methoxy groups -OCH3 is 1. The van der Waals surface area contributed by atoms with Crippen LogP contribution in [0.15, 0.2) is 29.4 Å². The van der Waals surface area contributed by atoms with E-state index in [0.29, 0.717) is 12.2 Å². The monoisotopic (exact) mass is 377 g/mol. The van der Waals surface area contributed by atoms with Crippen molar-refractivity contribution in [3.8, 4) is 0 Å². The Balaban J connectivity index is 1.65. The predicted octanol–water partition coefficient (Wildman–Crippen LogP) is 2.24. The largest absolute Gasteiger partial charge is 0.376 e. The molecule has 6 nitrogen and oxygen atoms in total. The van der Waals surface area contributed by atoms with E-state index in [1.165, 1.54) is 11.8 Å². The maximum atomic E-state index is 12.9. The van der Waals surface area contributed by atoms with Crippen molar-refractivity contribution in [1.82, 2.24) is 15.2 Å². The number of nitrogens with one attached hydrogen (secondary N) is 1. The molecule has 2 heterocycles. The number of carbonyl (C=O) groups excluding carboxylic acids is 2. The summed E-state index contributed by atoms with van der Waals surface area (Å²) < 4.78 is 5.90. The van der Waals surface area contributed by atoms with Gasteiger partial charge in [-0.3, -0.25) is 14.6 Å². The number of thioether (sulfide) groups is 1. The molecule has 0 radical (unpaired) electrons. The third-order valence-electron chi connectivity index (χ3n) is 5.61. The predicted molar refractivity (Wildman–Crippen MR) is 101 cm³/mol. The lowest BCUT2D eigenvalue weighted by atomic mass is 9.78. The van der Waals surface area contributed by atoms with Crippen molar-refractivity contribution in [3.05, 3.63) is 24.5 Å². The first-order valence-electron chi connectivity index (χ1n) is 9.25. The normalized spacial score (nSPS) is 27.8. The van der Waals surface area contributed by atoms with E-state index < -0.39 is 0 Å². The molecule has 142 valence electrons. The summed E-state index contributed by atoms with van der Waals surface area (Å²) >= 11 is 1.53. The molecule has 1 saturated carbocycles. The number of amides is 2. The second-order valence-corrected chi connectivity index (χ2v) is 8.03. The number of fused-ring (bicyclic) bond motifs is 1. The van der Waals surface area contributed by atoms with Crippen LogP contribution >= 0.6 is 11.8 Å². The smallest absolute Gasteiger partial charge is 0.233 e. The Labute approximate surface area is 159 Å². The molecule has 0 aromatic carbocycles. The summed E-state index contributed by atoms with van der Waals surface area (Å²) in [5, 5.41) is 3.10. The molecule has 2 amide bonds. The maximum Gasteiger partial charge on any atom is 0.233 e. The zero-order chi connectivity index (χ0) is 18.6. The second kappa shape index (κ2) is 8.39. The quantitative estimate of drug-likeness (QED) is 0.770. The highest BCUT2D eigenvalue weighted by Gasteiger charge is 2.52. The fourth-order valence-corrected chi connectivity index (χ4v) is 4.89. The van der Waals surface area contributed by atoms with Gasteiger partial charge in [-0.1, -0.05) is 6.92 Å². The van der Waals surface area contributed by atoms with Crippen LogP contribution in [-0.2, 0) is 14.3 Å². The molecule has 1 aliphatic heterocycles. The highest BCUT2D eigenvalue weighted by Crippen LogP contribution is 2.42. The van der Waals surface area contributed by atoms with E-state index in [1.807, 2.05) is 24.0 Å². The zero-order valence-electron chi connectivity index (χ0n) is 15.4. The summed E-state index contributed by atoms with van der Waals surface area (Å²) in [6, 6.07) is 3.99. The number of pyridine rings is 1. The van der Waals surface area contributed by atoms with Gasteiger partial charge in [0.1, 0.15) is 0 Å². The summed E-state index contributed by atoms with van der Waals surface area (Å²) in [5.74, 6) is 0.619. The molecule has 2 fully saturated rings. The molecular weight excluding hydrogens is 350 g/mol. The molecule has 1 aromatic rings. The van der Waals surface area contributed by atoms with Crippen LogP contribution in [0.2, 0.25) is 0 Å². The highest BCUT2D eigenvalue weighted by atomic mass is 32.2. The van der Waals surface area contributed by atoms with Crippen LogP contribution in [-0.4, -0.2) is 58.8 Å². The topological polar surface area (TPSA) is 71.5 Å². The third-order valence-corrected chi connectivity index (χ3v) is 6.61. The van der Waals surface area contributed by atoms with Crippen molar-refractivity contribution >= 4 is 23.6 Å². The lowest BCUT2D eigenvalue weighted by Gasteiger charge is -2.43. The van der Waals surface area contributed by atoms with E-state index in [9.17, 15) is 9.59 Å². The minimum absolute atomic E-state index is 0.0361. The Bertz CT molecular complexity index is 642. The molecular formula is C19H27N3O3S. The minimum Gasteiger partial charge on any atom is -0.376 e. The Morgan fingerprint density at radius 2 is 2.15 bits per heavy atom. The maximum absolute atomic E-state index is 12.9. The first-order valence-corrected chi connectivity index (χ1v) is 10.2. The van der Waals surface area contributed by atoms with Crippen LogP contribution in [0.4, 0.5) is 0 Å². The highest BCUT2D eigenvalue weighted by molar-refractivity contribution is 8.00. The van der Waals surface area contributed by atoms with Crippen LogP contribution in [0, 0.1) is 0 Å². The molecule has 1 N–H and O–H groups in total. The fourth-order valence-electron chi connectivity index (χ4n) is 4.12.